The molecule has 0 spiro atoms. The lowest BCUT2D eigenvalue weighted by molar-refractivity contribution is -0.537. The van der Waals surface area contributed by atoms with Gasteiger partial charge in [0.05, 0.1) is 0 Å². The van der Waals surface area contributed by atoms with Crippen molar-refractivity contribution in [2.45, 2.75) is 43.5 Å². The van der Waals surface area contributed by atoms with Crippen molar-refractivity contribution in [1.29, 1.82) is 0 Å². The fraction of sp³-hybridized carbons (Fsp3) is 1.00. The van der Waals surface area contributed by atoms with Crippen LogP contribution in [0.3, 0.4) is 0 Å². The predicted molar refractivity (Wildman–Crippen MR) is 61.9 cm³/mol. The molecular weight excluding hydrogens is 457 g/mol. The molecule has 0 rings (SSSR count). The van der Waals surface area contributed by atoms with Gasteiger partial charge in [-0.1, -0.05) is 15.9 Å². The zero-order valence-corrected chi connectivity index (χ0v) is 13.4. The summed E-state index contributed by atoms with van der Waals surface area (Å²) < 4.78 is 145. The Hall–Kier alpha value is -0.410. The summed E-state index contributed by atoms with van der Waals surface area (Å²) in [6, 6.07) is 0. The van der Waals surface area contributed by atoms with Crippen molar-refractivity contribution in [3.8, 4) is 0 Å². The van der Waals surface area contributed by atoms with Crippen molar-refractivity contribution in [1.82, 2.24) is 0 Å². The number of rotatable bonds is 11. The average Bonchev–Trinajstić information content (AvgIpc) is 2.34. The first kappa shape index (κ1) is 24.6. The highest BCUT2D eigenvalue weighted by Gasteiger charge is 2.72. The summed E-state index contributed by atoms with van der Waals surface area (Å²) in [7, 11) is 0. The van der Waals surface area contributed by atoms with Crippen molar-refractivity contribution in [3.63, 3.8) is 0 Å². The normalized spacial score (nSPS) is 14.9. The monoisotopic (exact) mass is 466 g/mol. The molecule has 0 aliphatic carbocycles. The van der Waals surface area contributed by atoms with E-state index in [4.69, 9.17) is 0 Å². The van der Waals surface area contributed by atoms with Crippen LogP contribution in [0, 0.1) is 0 Å². The second kappa shape index (κ2) is 8.52. The summed E-state index contributed by atoms with van der Waals surface area (Å²) in [6.07, 6.45) is -31.3. The fourth-order valence-corrected chi connectivity index (χ4v) is 1.44. The molecule has 0 aliphatic rings. The zero-order chi connectivity index (χ0) is 20.2. The molecule has 0 aromatic carbocycles. The van der Waals surface area contributed by atoms with Crippen LogP contribution in [0.1, 0.15) is 12.8 Å². The van der Waals surface area contributed by atoms with Crippen LogP contribution >= 0.6 is 15.9 Å². The van der Waals surface area contributed by atoms with Crippen molar-refractivity contribution in [3.05, 3.63) is 0 Å². The Morgan fingerprint density at radius 2 is 1.12 bits per heavy atom. The molecule has 3 nitrogen and oxygen atoms in total. The molecule has 0 heterocycles. The standard InChI is InChI=1S/C10H10BrF11O3/c11-3-1-2-4-23-5-6(12,13)24-9(19,20)10(21,22)25-8(17,18)7(14,15)16/h1-5H2. The lowest BCUT2D eigenvalue weighted by Gasteiger charge is -2.31. The molecule has 0 bridgehead atoms. The van der Waals surface area contributed by atoms with Gasteiger partial charge in [0.25, 0.3) is 0 Å². The minimum atomic E-state index is -6.80. The van der Waals surface area contributed by atoms with Gasteiger partial charge in [0.15, 0.2) is 0 Å². The van der Waals surface area contributed by atoms with Crippen LogP contribution in [-0.4, -0.2) is 49.2 Å². The van der Waals surface area contributed by atoms with Gasteiger partial charge in [-0.2, -0.15) is 48.3 Å². The predicted octanol–water partition coefficient (Wildman–Crippen LogP) is 5.14. The van der Waals surface area contributed by atoms with Crippen molar-refractivity contribution in [2.75, 3.05) is 18.5 Å². The molecule has 0 aliphatic heterocycles. The van der Waals surface area contributed by atoms with Crippen LogP contribution in [-0.2, 0) is 14.2 Å². The minimum Gasteiger partial charge on any atom is -0.372 e. The number of ether oxygens (including phenoxy) is 3. The summed E-state index contributed by atoms with van der Waals surface area (Å²) in [5.41, 5.74) is 0. The van der Waals surface area contributed by atoms with Gasteiger partial charge in [-0.25, -0.2) is 9.47 Å². The SMILES string of the molecule is FC(F)(COCCCCBr)OC(F)(F)C(F)(F)OC(F)(F)C(F)(F)F. The molecule has 0 radical (unpaired) electrons. The number of unbranched alkanes of at least 4 members (excludes halogenated alkanes) is 1. The van der Waals surface area contributed by atoms with Crippen LogP contribution in [0.25, 0.3) is 0 Å². The molecule has 0 aromatic heterocycles. The number of alkyl halides is 12. The van der Waals surface area contributed by atoms with Gasteiger partial charge in [-0.05, 0) is 12.8 Å². The fourth-order valence-electron chi connectivity index (χ4n) is 1.04. The summed E-state index contributed by atoms with van der Waals surface area (Å²) in [6.45, 7) is -2.38. The molecule has 15 heteroatoms. The highest BCUT2D eigenvalue weighted by atomic mass is 79.9. The molecule has 0 atom stereocenters. The summed E-state index contributed by atoms with van der Waals surface area (Å²) in [5.74, 6) is 0. The van der Waals surface area contributed by atoms with E-state index in [1.807, 2.05) is 0 Å². The molecule has 0 aromatic rings. The quantitative estimate of drug-likeness (QED) is 0.239. The van der Waals surface area contributed by atoms with Crippen molar-refractivity contribution in [2.24, 2.45) is 0 Å². The maximum absolute atomic E-state index is 13.0. The maximum atomic E-state index is 13.0. The Labute approximate surface area is 141 Å². The molecule has 0 amide bonds. The number of hydrogen-bond donors (Lipinski definition) is 0. The summed E-state index contributed by atoms with van der Waals surface area (Å²) in [5, 5.41) is 0.457. The van der Waals surface area contributed by atoms with Gasteiger partial charge in [-0.15, -0.1) is 0 Å². The molecule has 0 N–H and O–H groups in total. The maximum Gasteiger partial charge on any atom is 0.483 e. The lowest BCUT2D eigenvalue weighted by atomic mass is 10.4. The smallest absolute Gasteiger partial charge is 0.372 e. The van der Waals surface area contributed by atoms with Crippen LogP contribution in [0.2, 0.25) is 0 Å². The van der Waals surface area contributed by atoms with E-state index in [2.05, 4.69) is 25.4 Å². The van der Waals surface area contributed by atoms with Crippen LogP contribution in [0.5, 0.6) is 0 Å². The van der Waals surface area contributed by atoms with Crippen molar-refractivity contribution < 1.29 is 62.5 Å². The van der Waals surface area contributed by atoms with Gasteiger partial charge in [-0.3, -0.25) is 0 Å². The Balaban J connectivity index is 4.91. The highest BCUT2D eigenvalue weighted by molar-refractivity contribution is 9.09. The molecular formula is C10H10BrF11O3. The van der Waals surface area contributed by atoms with E-state index < -0.39 is 43.8 Å². The number of halogens is 12. The minimum absolute atomic E-state index is 0.175. The Kier molecular flexibility index (Phi) is 8.38. The van der Waals surface area contributed by atoms with E-state index in [1.54, 1.807) is 4.74 Å². The van der Waals surface area contributed by atoms with Crippen molar-refractivity contribution >= 4 is 15.9 Å². The number of hydrogen-bond acceptors (Lipinski definition) is 3. The second-order valence-electron chi connectivity index (χ2n) is 4.34. The Morgan fingerprint density at radius 3 is 1.56 bits per heavy atom. The highest BCUT2D eigenvalue weighted by Crippen LogP contribution is 2.47. The van der Waals surface area contributed by atoms with Crippen LogP contribution < -0.4 is 0 Å². The van der Waals surface area contributed by atoms with E-state index in [0.29, 0.717) is 11.8 Å². The van der Waals surface area contributed by atoms with E-state index >= 15 is 0 Å². The van der Waals surface area contributed by atoms with E-state index in [-0.39, 0.29) is 6.42 Å². The largest absolute Gasteiger partial charge is 0.483 e. The van der Waals surface area contributed by atoms with E-state index in [0.717, 1.165) is 0 Å². The van der Waals surface area contributed by atoms with Gasteiger partial charge < -0.3 is 4.74 Å². The average molecular weight is 467 g/mol. The Morgan fingerprint density at radius 1 is 0.640 bits per heavy atom. The third kappa shape index (κ3) is 7.78. The van der Waals surface area contributed by atoms with Crippen LogP contribution in [0.4, 0.5) is 48.3 Å². The van der Waals surface area contributed by atoms with Gasteiger partial charge in [0, 0.05) is 11.9 Å². The summed E-state index contributed by atoms with van der Waals surface area (Å²) in [4.78, 5) is 0. The van der Waals surface area contributed by atoms with E-state index in [1.165, 1.54) is 0 Å². The second-order valence-corrected chi connectivity index (χ2v) is 5.13. The first-order valence-electron chi connectivity index (χ1n) is 6.09. The first-order valence-corrected chi connectivity index (χ1v) is 7.21. The Bertz CT molecular complexity index is 413. The lowest BCUT2D eigenvalue weighted by Crippen LogP contribution is -2.55. The molecule has 0 saturated carbocycles. The molecule has 0 unspecified atom stereocenters. The van der Waals surface area contributed by atoms with Crippen LogP contribution in [0.15, 0.2) is 0 Å². The van der Waals surface area contributed by atoms with Gasteiger partial charge >= 0.3 is 30.6 Å². The molecule has 25 heavy (non-hydrogen) atoms. The topological polar surface area (TPSA) is 27.7 Å². The van der Waals surface area contributed by atoms with Gasteiger partial charge in [0.1, 0.15) is 6.61 Å². The molecule has 0 saturated heterocycles. The van der Waals surface area contributed by atoms with Gasteiger partial charge in [0.2, 0.25) is 0 Å². The molecule has 0 fully saturated rings. The third-order valence-corrected chi connectivity index (χ3v) is 2.71. The first-order chi connectivity index (χ1) is 11.0. The zero-order valence-electron chi connectivity index (χ0n) is 11.8. The summed E-state index contributed by atoms with van der Waals surface area (Å²) >= 11 is 2.97. The third-order valence-electron chi connectivity index (χ3n) is 2.15. The van der Waals surface area contributed by atoms with E-state index in [9.17, 15) is 48.3 Å². The molecule has 152 valence electrons.